The molecule has 2 rings (SSSR count). The Morgan fingerprint density at radius 2 is 2.05 bits per heavy atom. The maximum Gasteiger partial charge on any atom is 0.282 e. The van der Waals surface area contributed by atoms with Gasteiger partial charge in [-0.2, -0.15) is 0 Å². The molecule has 0 amide bonds. The van der Waals surface area contributed by atoms with Crippen molar-refractivity contribution in [2.24, 2.45) is 0 Å². The zero-order valence-electron chi connectivity index (χ0n) is 11.1. The first-order valence-corrected chi connectivity index (χ1v) is 6.90. The molecule has 0 bridgehead atoms. The topological polar surface area (TPSA) is 50.7 Å². The number of pyridine rings is 1. The van der Waals surface area contributed by atoms with E-state index in [0.717, 1.165) is 0 Å². The molecular formula is C13H12Cl2F2N4. The summed E-state index contributed by atoms with van der Waals surface area (Å²) in [6.45, 7) is 1.94. The van der Waals surface area contributed by atoms with E-state index in [9.17, 15) is 8.78 Å². The van der Waals surface area contributed by atoms with E-state index in [0.29, 0.717) is 23.7 Å². The lowest BCUT2D eigenvalue weighted by molar-refractivity contribution is 0.146. The molecule has 4 nitrogen and oxygen atoms in total. The maximum atomic E-state index is 12.8. The van der Waals surface area contributed by atoms with Gasteiger partial charge in [-0.05, 0) is 19.1 Å². The SMILES string of the molecule is Cc1nc(NCCc2ncccc2Cl)c(Cl)c(C(F)F)n1. The molecule has 8 heteroatoms. The number of halogens is 4. The highest BCUT2D eigenvalue weighted by molar-refractivity contribution is 6.33. The van der Waals surface area contributed by atoms with Gasteiger partial charge in [0.15, 0.2) is 0 Å². The van der Waals surface area contributed by atoms with Crippen molar-refractivity contribution in [3.8, 4) is 0 Å². The Balaban J connectivity index is 2.08. The summed E-state index contributed by atoms with van der Waals surface area (Å²) in [7, 11) is 0. The quantitative estimate of drug-likeness (QED) is 0.896. The average Bonchev–Trinajstić information content (AvgIpc) is 2.44. The molecule has 21 heavy (non-hydrogen) atoms. The molecule has 0 aliphatic heterocycles. The highest BCUT2D eigenvalue weighted by atomic mass is 35.5. The van der Waals surface area contributed by atoms with Crippen LogP contribution in [0.2, 0.25) is 10.0 Å². The van der Waals surface area contributed by atoms with Gasteiger partial charge in [-0.3, -0.25) is 4.98 Å². The van der Waals surface area contributed by atoms with Gasteiger partial charge in [0.25, 0.3) is 6.43 Å². The molecule has 0 aliphatic rings. The van der Waals surface area contributed by atoms with Crippen LogP contribution in [0.3, 0.4) is 0 Å². The monoisotopic (exact) mass is 332 g/mol. The van der Waals surface area contributed by atoms with Crippen molar-refractivity contribution < 1.29 is 8.78 Å². The molecule has 0 fully saturated rings. The van der Waals surface area contributed by atoms with Gasteiger partial charge in [-0.25, -0.2) is 18.7 Å². The Morgan fingerprint density at radius 3 is 2.71 bits per heavy atom. The Labute approximate surface area is 130 Å². The lowest BCUT2D eigenvalue weighted by Gasteiger charge is -2.11. The van der Waals surface area contributed by atoms with Gasteiger partial charge in [0.1, 0.15) is 22.4 Å². The summed E-state index contributed by atoms with van der Waals surface area (Å²) in [6.07, 6.45) is -0.592. The molecule has 112 valence electrons. The van der Waals surface area contributed by atoms with Crippen molar-refractivity contribution in [1.29, 1.82) is 0 Å². The third kappa shape index (κ3) is 3.98. The molecule has 0 unspecified atom stereocenters. The minimum Gasteiger partial charge on any atom is -0.368 e. The van der Waals surface area contributed by atoms with E-state index in [1.165, 1.54) is 6.92 Å². The second-order valence-corrected chi connectivity index (χ2v) is 5.01. The predicted octanol–water partition coefficient (Wildman–Crippen LogP) is 4.08. The van der Waals surface area contributed by atoms with Gasteiger partial charge in [0.05, 0.1) is 10.7 Å². The second kappa shape index (κ2) is 6.95. The molecular weight excluding hydrogens is 321 g/mol. The van der Waals surface area contributed by atoms with Crippen molar-refractivity contribution in [2.45, 2.75) is 19.8 Å². The molecule has 1 N–H and O–H groups in total. The number of hydrogen-bond donors (Lipinski definition) is 1. The number of alkyl halides is 2. The zero-order valence-corrected chi connectivity index (χ0v) is 12.6. The molecule has 2 heterocycles. The zero-order chi connectivity index (χ0) is 15.4. The standard InChI is InChI=1S/C13H12Cl2F2N4/c1-7-20-11(12(16)17)10(15)13(21-7)19-6-4-9-8(14)3-2-5-18-9/h2-3,5,12H,4,6H2,1H3,(H,19,20,21). The Bertz CT molecular complexity index is 638. The fraction of sp³-hybridized carbons (Fsp3) is 0.308. The fourth-order valence-electron chi connectivity index (χ4n) is 1.74. The van der Waals surface area contributed by atoms with E-state index < -0.39 is 12.1 Å². The number of anilines is 1. The normalized spacial score (nSPS) is 11.0. The summed E-state index contributed by atoms with van der Waals surface area (Å²) >= 11 is 11.9. The van der Waals surface area contributed by atoms with E-state index in [1.807, 2.05) is 0 Å². The summed E-state index contributed by atoms with van der Waals surface area (Å²) in [4.78, 5) is 11.8. The minimum absolute atomic E-state index is 0.164. The number of hydrogen-bond acceptors (Lipinski definition) is 4. The van der Waals surface area contributed by atoms with Crippen molar-refractivity contribution in [3.05, 3.63) is 45.6 Å². The summed E-state index contributed by atoms with van der Waals surface area (Å²) < 4.78 is 25.6. The summed E-state index contributed by atoms with van der Waals surface area (Å²) in [5, 5.41) is 3.30. The summed E-state index contributed by atoms with van der Waals surface area (Å²) in [5.41, 5.74) is 0.241. The van der Waals surface area contributed by atoms with E-state index in [2.05, 4.69) is 20.3 Å². The van der Waals surface area contributed by atoms with E-state index >= 15 is 0 Å². The largest absolute Gasteiger partial charge is 0.368 e. The van der Waals surface area contributed by atoms with Crippen LogP contribution in [0.5, 0.6) is 0 Å². The molecule has 0 saturated heterocycles. The minimum atomic E-state index is -2.75. The van der Waals surface area contributed by atoms with Crippen molar-refractivity contribution >= 4 is 29.0 Å². The Kier molecular flexibility index (Phi) is 5.25. The van der Waals surface area contributed by atoms with Crippen LogP contribution in [0.25, 0.3) is 0 Å². The van der Waals surface area contributed by atoms with Crippen LogP contribution in [-0.4, -0.2) is 21.5 Å². The van der Waals surface area contributed by atoms with Gasteiger partial charge < -0.3 is 5.32 Å². The number of nitrogens with zero attached hydrogens (tertiary/aromatic N) is 3. The number of aromatic nitrogens is 3. The molecule has 0 atom stereocenters. The second-order valence-electron chi connectivity index (χ2n) is 4.23. The first-order chi connectivity index (χ1) is 9.99. The molecule has 0 aliphatic carbocycles. The van der Waals surface area contributed by atoms with Gasteiger partial charge in [0.2, 0.25) is 0 Å². The van der Waals surface area contributed by atoms with Crippen LogP contribution < -0.4 is 5.32 Å². The Hall–Kier alpha value is -1.53. The molecule has 0 aromatic carbocycles. The lowest BCUT2D eigenvalue weighted by Crippen LogP contribution is -2.10. The lowest BCUT2D eigenvalue weighted by atomic mass is 10.2. The van der Waals surface area contributed by atoms with Crippen LogP contribution in [0.1, 0.15) is 23.6 Å². The predicted molar refractivity (Wildman–Crippen MR) is 78.2 cm³/mol. The van der Waals surface area contributed by atoms with Crippen LogP contribution in [-0.2, 0) is 6.42 Å². The van der Waals surface area contributed by atoms with Crippen LogP contribution in [0.15, 0.2) is 18.3 Å². The average molecular weight is 333 g/mol. The third-order valence-corrected chi connectivity index (χ3v) is 3.40. The van der Waals surface area contributed by atoms with Gasteiger partial charge >= 0.3 is 0 Å². The number of aryl methyl sites for hydroxylation is 1. The number of rotatable bonds is 5. The van der Waals surface area contributed by atoms with Gasteiger partial charge in [-0.15, -0.1) is 0 Å². The molecule has 2 aromatic heterocycles. The van der Waals surface area contributed by atoms with Crippen molar-refractivity contribution in [1.82, 2.24) is 15.0 Å². The van der Waals surface area contributed by atoms with E-state index in [4.69, 9.17) is 23.2 Å². The smallest absolute Gasteiger partial charge is 0.282 e. The first kappa shape index (κ1) is 15.9. The van der Waals surface area contributed by atoms with E-state index in [-0.39, 0.29) is 16.7 Å². The third-order valence-electron chi connectivity index (χ3n) is 2.68. The molecule has 0 spiro atoms. The summed E-state index contributed by atoms with van der Waals surface area (Å²) in [5.74, 6) is 0.416. The maximum absolute atomic E-state index is 12.8. The molecule has 0 saturated carbocycles. The fourth-order valence-corrected chi connectivity index (χ4v) is 2.19. The highest BCUT2D eigenvalue weighted by Crippen LogP contribution is 2.30. The Morgan fingerprint density at radius 1 is 1.29 bits per heavy atom. The van der Waals surface area contributed by atoms with Crippen LogP contribution in [0, 0.1) is 6.92 Å². The summed E-state index contributed by atoms with van der Waals surface area (Å²) in [6, 6.07) is 3.47. The first-order valence-electron chi connectivity index (χ1n) is 6.14. The van der Waals surface area contributed by atoms with Crippen LogP contribution in [0.4, 0.5) is 14.6 Å². The molecule has 0 radical (unpaired) electrons. The molecule has 2 aromatic rings. The van der Waals surface area contributed by atoms with Crippen LogP contribution >= 0.6 is 23.2 Å². The van der Waals surface area contributed by atoms with E-state index in [1.54, 1.807) is 18.3 Å². The van der Waals surface area contributed by atoms with Crippen molar-refractivity contribution in [2.75, 3.05) is 11.9 Å². The van der Waals surface area contributed by atoms with Crippen molar-refractivity contribution in [3.63, 3.8) is 0 Å². The highest BCUT2D eigenvalue weighted by Gasteiger charge is 2.18. The van der Waals surface area contributed by atoms with Gasteiger partial charge in [0, 0.05) is 19.2 Å². The number of nitrogens with one attached hydrogen (secondary N) is 1. The van der Waals surface area contributed by atoms with Gasteiger partial charge in [-0.1, -0.05) is 23.2 Å².